The number of ether oxygens (including phenoxy) is 1. The summed E-state index contributed by atoms with van der Waals surface area (Å²) in [6, 6.07) is -0.287. The number of hydrogen-bond acceptors (Lipinski definition) is 3. The van der Waals surface area contributed by atoms with Crippen LogP contribution in [0, 0.1) is 12.3 Å². The Morgan fingerprint density at radius 2 is 2.00 bits per heavy atom. The zero-order chi connectivity index (χ0) is 10.3. The van der Waals surface area contributed by atoms with Crippen molar-refractivity contribution in [2.45, 2.75) is 26.3 Å². The number of terminal acetylenes is 1. The second-order valence-corrected chi connectivity index (χ2v) is 2.67. The van der Waals surface area contributed by atoms with E-state index < -0.39 is 0 Å². The zero-order valence-corrected chi connectivity index (χ0v) is 9.76. The van der Waals surface area contributed by atoms with E-state index in [1.807, 2.05) is 18.7 Å². The molecule has 4 heteroatoms. The van der Waals surface area contributed by atoms with E-state index in [1.54, 1.807) is 0 Å². The molecular formula is C10H18ClNO2. The van der Waals surface area contributed by atoms with Gasteiger partial charge in [0.25, 0.3) is 0 Å². The first kappa shape index (κ1) is 15.7. The maximum Gasteiger partial charge on any atom is 0.324 e. The molecule has 0 saturated heterocycles. The second kappa shape index (κ2) is 8.86. The number of hydrogen-bond donors (Lipinski definition) is 0. The van der Waals surface area contributed by atoms with Gasteiger partial charge in [-0.15, -0.1) is 24.8 Å². The van der Waals surface area contributed by atoms with Crippen LogP contribution in [0.15, 0.2) is 0 Å². The van der Waals surface area contributed by atoms with E-state index in [4.69, 9.17) is 6.42 Å². The molecule has 0 amide bonds. The van der Waals surface area contributed by atoms with Crippen molar-refractivity contribution in [3.05, 3.63) is 0 Å². The van der Waals surface area contributed by atoms with Gasteiger partial charge in [0.2, 0.25) is 0 Å². The van der Waals surface area contributed by atoms with Crippen LogP contribution < -0.4 is 0 Å². The van der Waals surface area contributed by atoms with Gasteiger partial charge in [0, 0.05) is 6.42 Å². The quantitative estimate of drug-likeness (QED) is 0.516. The molecule has 0 fully saturated rings. The van der Waals surface area contributed by atoms with Crippen LogP contribution in [0.3, 0.4) is 0 Å². The number of likely N-dealkylation sites (N-methyl/N-ethyl adjacent to an activating group) is 1. The molecule has 0 aromatic rings. The van der Waals surface area contributed by atoms with Crippen LogP contribution in [0.25, 0.3) is 0 Å². The Hall–Kier alpha value is -0.720. The van der Waals surface area contributed by atoms with Crippen molar-refractivity contribution >= 4 is 18.4 Å². The van der Waals surface area contributed by atoms with Gasteiger partial charge in [-0.05, 0) is 13.1 Å². The minimum atomic E-state index is -0.287. The average Bonchev–Trinajstić information content (AvgIpc) is 2.17. The van der Waals surface area contributed by atoms with Crippen LogP contribution in [0.5, 0.6) is 0 Å². The van der Waals surface area contributed by atoms with Crippen LogP contribution in [0.2, 0.25) is 0 Å². The first-order chi connectivity index (χ1) is 6.21. The third-order valence-corrected chi connectivity index (χ3v) is 2.04. The maximum atomic E-state index is 11.3. The molecule has 82 valence electrons. The van der Waals surface area contributed by atoms with Crippen molar-refractivity contribution in [1.29, 1.82) is 0 Å². The number of methoxy groups -OCH3 is 1. The Labute approximate surface area is 92.2 Å². The normalized spacial score (nSPS) is 11.4. The summed E-state index contributed by atoms with van der Waals surface area (Å²) in [4.78, 5) is 13.3. The van der Waals surface area contributed by atoms with Crippen molar-refractivity contribution in [3.8, 4) is 12.3 Å². The van der Waals surface area contributed by atoms with Crippen molar-refractivity contribution < 1.29 is 9.53 Å². The highest BCUT2D eigenvalue weighted by Gasteiger charge is 2.23. The lowest BCUT2D eigenvalue weighted by Crippen LogP contribution is -2.41. The van der Waals surface area contributed by atoms with Crippen molar-refractivity contribution in [2.75, 3.05) is 20.2 Å². The molecule has 0 saturated carbocycles. The van der Waals surface area contributed by atoms with Gasteiger partial charge in [0.15, 0.2) is 0 Å². The Balaban J connectivity index is 0. The fraction of sp³-hybridized carbons (Fsp3) is 0.700. The van der Waals surface area contributed by atoms with E-state index in [0.29, 0.717) is 6.42 Å². The molecule has 0 aliphatic rings. The summed E-state index contributed by atoms with van der Waals surface area (Å²) in [5.74, 6) is 2.24. The van der Waals surface area contributed by atoms with Gasteiger partial charge in [-0.1, -0.05) is 13.8 Å². The molecule has 1 atom stereocenters. The Morgan fingerprint density at radius 3 is 2.29 bits per heavy atom. The third kappa shape index (κ3) is 4.50. The fourth-order valence-electron chi connectivity index (χ4n) is 1.27. The van der Waals surface area contributed by atoms with Crippen LogP contribution in [-0.2, 0) is 9.53 Å². The van der Waals surface area contributed by atoms with E-state index in [0.717, 1.165) is 13.1 Å². The number of rotatable bonds is 5. The molecule has 1 unspecified atom stereocenters. The topological polar surface area (TPSA) is 29.5 Å². The van der Waals surface area contributed by atoms with E-state index >= 15 is 0 Å². The monoisotopic (exact) mass is 219 g/mol. The molecular weight excluding hydrogens is 202 g/mol. The van der Waals surface area contributed by atoms with E-state index in [2.05, 4.69) is 10.7 Å². The summed E-state index contributed by atoms with van der Waals surface area (Å²) in [5.41, 5.74) is 0. The molecule has 0 aliphatic heterocycles. The molecule has 14 heavy (non-hydrogen) atoms. The average molecular weight is 220 g/mol. The highest BCUT2D eigenvalue weighted by molar-refractivity contribution is 5.85. The minimum Gasteiger partial charge on any atom is -0.468 e. The molecule has 0 radical (unpaired) electrons. The van der Waals surface area contributed by atoms with Gasteiger partial charge < -0.3 is 4.74 Å². The Morgan fingerprint density at radius 1 is 1.50 bits per heavy atom. The van der Waals surface area contributed by atoms with Gasteiger partial charge in [-0.2, -0.15) is 0 Å². The number of carbonyl (C=O) groups is 1. The number of esters is 1. The molecule has 0 spiro atoms. The summed E-state index contributed by atoms with van der Waals surface area (Å²) in [5, 5.41) is 0. The molecule has 0 N–H and O–H groups in total. The standard InChI is InChI=1S/C10H17NO2.ClH/c1-5-8-9(10(12)13-4)11(6-2)7-3;/h1,9H,6-8H2,2-4H3;1H. The molecule has 0 aliphatic carbocycles. The van der Waals surface area contributed by atoms with Crippen LogP contribution in [-0.4, -0.2) is 37.1 Å². The van der Waals surface area contributed by atoms with Crippen LogP contribution >= 0.6 is 12.4 Å². The summed E-state index contributed by atoms with van der Waals surface area (Å²) < 4.78 is 4.67. The molecule has 0 rings (SSSR count). The lowest BCUT2D eigenvalue weighted by molar-refractivity contribution is -0.146. The Kier molecular flexibility index (Phi) is 9.96. The Bertz CT molecular complexity index is 197. The molecule has 0 heterocycles. The molecule has 0 aromatic carbocycles. The number of carbonyl (C=O) groups excluding carboxylic acids is 1. The van der Waals surface area contributed by atoms with E-state index in [-0.39, 0.29) is 24.4 Å². The molecule has 0 bridgehead atoms. The van der Waals surface area contributed by atoms with Crippen LogP contribution in [0.1, 0.15) is 20.3 Å². The molecule has 0 aromatic heterocycles. The largest absolute Gasteiger partial charge is 0.468 e. The highest BCUT2D eigenvalue weighted by atomic mass is 35.5. The zero-order valence-electron chi connectivity index (χ0n) is 8.95. The summed E-state index contributed by atoms with van der Waals surface area (Å²) in [7, 11) is 1.38. The number of nitrogens with zero attached hydrogens (tertiary/aromatic N) is 1. The lowest BCUT2D eigenvalue weighted by Gasteiger charge is -2.25. The first-order valence-corrected chi connectivity index (χ1v) is 4.46. The smallest absolute Gasteiger partial charge is 0.324 e. The predicted octanol–water partition coefficient (Wildman–Crippen LogP) is 1.31. The van der Waals surface area contributed by atoms with Crippen molar-refractivity contribution in [3.63, 3.8) is 0 Å². The van der Waals surface area contributed by atoms with Gasteiger partial charge in [0.1, 0.15) is 6.04 Å². The van der Waals surface area contributed by atoms with Gasteiger partial charge in [0.05, 0.1) is 7.11 Å². The number of halogens is 1. The SMILES string of the molecule is C#CCC(C(=O)OC)N(CC)CC.Cl. The van der Waals surface area contributed by atoms with Crippen molar-refractivity contribution in [2.24, 2.45) is 0 Å². The van der Waals surface area contributed by atoms with Crippen LogP contribution in [0.4, 0.5) is 0 Å². The third-order valence-electron chi connectivity index (χ3n) is 2.04. The predicted molar refractivity (Wildman–Crippen MR) is 59.4 cm³/mol. The van der Waals surface area contributed by atoms with Crippen molar-refractivity contribution in [1.82, 2.24) is 4.90 Å². The lowest BCUT2D eigenvalue weighted by atomic mass is 10.2. The van der Waals surface area contributed by atoms with Gasteiger partial charge >= 0.3 is 5.97 Å². The molecule has 3 nitrogen and oxygen atoms in total. The van der Waals surface area contributed by atoms with Gasteiger partial charge in [-0.3, -0.25) is 9.69 Å². The highest BCUT2D eigenvalue weighted by Crippen LogP contribution is 2.05. The minimum absolute atomic E-state index is 0. The second-order valence-electron chi connectivity index (χ2n) is 2.67. The maximum absolute atomic E-state index is 11.3. The fourth-order valence-corrected chi connectivity index (χ4v) is 1.27. The summed E-state index contributed by atoms with van der Waals surface area (Å²) >= 11 is 0. The first-order valence-electron chi connectivity index (χ1n) is 4.46. The van der Waals surface area contributed by atoms with E-state index in [1.165, 1.54) is 7.11 Å². The van der Waals surface area contributed by atoms with Gasteiger partial charge in [-0.25, -0.2) is 0 Å². The summed E-state index contributed by atoms with van der Waals surface area (Å²) in [6.07, 6.45) is 5.60. The summed E-state index contributed by atoms with van der Waals surface area (Å²) in [6.45, 7) is 5.60. The van der Waals surface area contributed by atoms with E-state index in [9.17, 15) is 4.79 Å².